The van der Waals surface area contributed by atoms with Crippen LogP contribution < -0.4 is 5.32 Å². The normalized spacial score (nSPS) is 41.4. The molecule has 0 bridgehead atoms. The van der Waals surface area contributed by atoms with Gasteiger partial charge in [-0.3, -0.25) is 0 Å². The Balaban J connectivity index is 1.78. The first-order chi connectivity index (χ1) is 7.60. The lowest BCUT2D eigenvalue weighted by atomic mass is 9.94. The summed E-state index contributed by atoms with van der Waals surface area (Å²) in [5.41, 5.74) is 0.124. The van der Waals surface area contributed by atoms with Crippen LogP contribution in [0.15, 0.2) is 0 Å². The summed E-state index contributed by atoms with van der Waals surface area (Å²) in [7, 11) is 2.15. The molecule has 0 amide bonds. The minimum absolute atomic E-state index is 0.124. The standard InChI is InChI=1S/C12H24N2O2/c1-10-12(2,4-6-15-10)13-8-11-9-14(3)5-7-16-11/h10-11,13H,4-9H2,1-3H3. The van der Waals surface area contributed by atoms with Gasteiger partial charge in [0.05, 0.1) is 18.8 Å². The first kappa shape index (κ1) is 12.3. The fourth-order valence-corrected chi connectivity index (χ4v) is 2.40. The molecule has 0 spiro atoms. The Morgan fingerprint density at radius 1 is 1.38 bits per heavy atom. The molecule has 2 heterocycles. The third kappa shape index (κ3) is 2.74. The molecule has 16 heavy (non-hydrogen) atoms. The van der Waals surface area contributed by atoms with Crippen LogP contribution in [-0.2, 0) is 9.47 Å². The van der Waals surface area contributed by atoms with Gasteiger partial charge in [0.1, 0.15) is 0 Å². The topological polar surface area (TPSA) is 33.7 Å². The van der Waals surface area contributed by atoms with Crippen molar-refractivity contribution >= 4 is 0 Å². The SMILES string of the molecule is CC1OCCC1(C)NCC1CN(C)CCO1. The number of morpholine rings is 1. The van der Waals surface area contributed by atoms with Gasteiger partial charge < -0.3 is 19.7 Å². The summed E-state index contributed by atoms with van der Waals surface area (Å²) in [4.78, 5) is 2.33. The maximum Gasteiger partial charge on any atom is 0.0826 e. The molecule has 0 saturated carbocycles. The summed E-state index contributed by atoms with van der Waals surface area (Å²) in [6, 6.07) is 0. The van der Waals surface area contributed by atoms with Gasteiger partial charge in [-0.1, -0.05) is 0 Å². The van der Waals surface area contributed by atoms with Crippen molar-refractivity contribution in [3.63, 3.8) is 0 Å². The zero-order chi connectivity index (χ0) is 11.6. The third-order valence-corrected chi connectivity index (χ3v) is 3.96. The quantitative estimate of drug-likeness (QED) is 0.761. The van der Waals surface area contributed by atoms with Gasteiger partial charge in [0.25, 0.3) is 0 Å². The maximum absolute atomic E-state index is 5.74. The van der Waals surface area contributed by atoms with Crippen molar-refractivity contribution in [1.29, 1.82) is 0 Å². The highest BCUT2D eigenvalue weighted by atomic mass is 16.5. The molecule has 2 aliphatic heterocycles. The van der Waals surface area contributed by atoms with Crippen LogP contribution in [0.4, 0.5) is 0 Å². The second-order valence-electron chi connectivity index (χ2n) is 5.32. The molecule has 1 N–H and O–H groups in total. The summed E-state index contributed by atoms with van der Waals surface area (Å²) in [5.74, 6) is 0. The van der Waals surface area contributed by atoms with E-state index in [2.05, 4.69) is 31.1 Å². The molecule has 0 aromatic carbocycles. The summed E-state index contributed by atoms with van der Waals surface area (Å²) >= 11 is 0. The molecule has 4 heteroatoms. The number of hydrogen-bond donors (Lipinski definition) is 1. The molecule has 3 unspecified atom stereocenters. The van der Waals surface area contributed by atoms with Crippen molar-refractivity contribution in [2.75, 3.05) is 39.9 Å². The summed E-state index contributed by atoms with van der Waals surface area (Å²) in [5, 5.41) is 3.62. The Hall–Kier alpha value is -0.160. The van der Waals surface area contributed by atoms with Crippen LogP contribution in [0.1, 0.15) is 20.3 Å². The van der Waals surface area contributed by atoms with Crippen LogP contribution in [0.3, 0.4) is 0 Å². The number of likely N-dealkylation sites (N-methyl/N-ethyl adjacent to an activating group) is 1. The molecular formula is C12H24N2O2. The van der Waals surface area contributed by atoms with Gasteiger partial charge in [-0.05, 0) is 27.3 Å². The predicted octanol–water partition coefficient (Wildman–Crippen LogP) is 0.474. The number of ether oxygens (including phenoxy) is 2. The van der Waals surface area contributed by atoms with E-state index in [1.54, 1.807) is 0 Å². The van der Waals surface area contributed by atoms with Crippen molar-refractivity contribution in [2.24, 2.45) is 0 Å². The monoisotopic (exact) mass is 228 g/mol. The summed E-state index contributed by atoms with van der Waals surface area (Å²) in [6.45, 7) is 9.12. The van der Waals surface area contributed by atoms with Crippen molar-refractivity contribution in [2.45, 2.75) is 38.0 Å². The lowest BCUT2D eigenvalue weighted by Gasteiger charge is -2.34. The first-order valence-corrected chi connectivity index (χ1v) is 6.27. The first-order valence-electron chi connectivity index (χ1n) is 6.27. The van der Waals surface area contributed by atoms with Crippen LogP contribution in [-0.4, -0.2) is 62.5 Å². The number of rotatable bonds is 3. The van der Waals surface area contributed by atoms with E-state index in [9.17, 15) is 0 Å². The van der Waals surface area contributed by atoms with Gasteiger partial charge in [-0.2, -0.15) is 0 Å². The van der Waals surface area contributed by atoms with Crippen LogP contribution in [0.25, 0.3) is 0 Å². The average molecular weight is 228 g/mol. The summed E-state index contributed by atoms with van der Waals surface area (Å²) in [6.07, 6.45) is 1.72. The largest absolute Gasteiger partial charge is 0.377 e. The smallest absolute Gasteiger partial charge is 0.0826 e. The van der Waals surface area contributed by atoms with Gasteiger partial charge in [0.15, 0.2) is 0 Å². The van der Waals surface area contributed by atoms with E-state index in [1.807, 2.05) is 0 Å². The van der Waals surface area contributed by atoms with E-state index in [-0.39, 0.29) is 5.54 Å². The maximum atomic E-state index is 5.74. The molecule has 2 rings (SSSR count). The van der Waals surface area contributed by atoms with Gasteiger partial charge in [-0.25, -0.2) is 0 Å². The highest BCUT2D eigenvalue weighted by Gasteiger charge is 2.37. The Bertz CT molecular complexity index is 237. The van der Waals surface area contributed by atoms with Gasteiger partial charge in [-0.15, -0.1) is 0 Å². The third-order valence-electron chi connectivity index (χ3n) is 3.96. The Morgan fingerprint density at radius 3 is 2.81 bits per heavy atom. The second kappa shape index (κ2) is 5.00. The van der Waals surface area contributed by atoms with E-state index in [1.165, 1.54) is 0 Å². The average Bonchev–Trinajstić information content (AvgIpc) is 2.58. The van der Waals surface area contributed by atoms with Crippen molar-refractivity contribution in [1.82, 2.24) is 10.2 Å². The molecule has 94 valence electrons. The van der Waals surface area contributed by atoms with Gasteiger partial charge >= 0.3 is 0 Å². The lowest BCUT2D eigenvalue weighted by Crippen LogP contribution is -2.53. The van der Waals surface area contributed by atoms with Gasteiger partial charge in [0.2, 0.25) is 0 Å². The zero-order valence-corrected chi connectivity index (χ0v) is 10.7. The summed E-state index contributed by atoms with van der Waals surface area (Å²) < 4.78 is 11.4. The predicted molar refractivity (Wildman–Crippen MR) is 63.7 cm³/mol. The zero-order valence-electron chi connectivity index (χ0n) is 10.7. The van der Waals surface area contributed by atoms with Crippen molar-refractivity contribution < 1.29 is 9.47 Å². The van der Waals surface area contributed by atoms with Crippen LogP contribution >= 0.6 is 0 Å². The molecule has 0 aromatic heterocycles. The molecule has 2 saturated heterocycles. The van der Waals surface area contributed by atoms with E-state index in [0.29, 0.717) is 12.2 Å². The molecule has 0 aromatic rings. The van der Waals surface area contributed by atoms with E-state index in [0.717, 1.165) is 39.3 Å². The minimum Gasteiger partial charge on any atom is -0.377 e. The van der Waals surface area contributed by atoms with Crippen LogP contribution in [0.5, 0.6) is 0 Å². The van der Waals surface area contributed by atoms with E-state index < -0.39 is 0 Å². The number of hydrogen-bond acceptors (Lipinski definition) is 4. The Kier molecular flexibility index (Phi) is 3.85. The molecule has 2 fully saturated rings. The Morgan fingerprint density at radius 2 is 2.19 bits per heavy atom. The number of nitrogens with one attached hydrogen (secondary N) is 1. The van der Waals surface area contributed by atoms with Crippen LogP contribution in [0, 0.1) is 0 Å². The molecular weight excluding hydrogens is 204 g/mol. The minimum atomic E-state index is 0.124. The molecule has 0 aliphatic carbocycles. The van der Waals surface area contributed by atoms with E-state index >= 15 is 0 Å². The fraction of sp³-hybridized carbons (Fsp3) is 1.00. The van der Waals surface area contributed by atoms with Crippen molar-refractivity contribution in [3.05, 3.63) is 0 Å². The fourth-order valence-electron chi connectivity index (χ4n) is 2.40. The molecule has 4 nitrogen and oxygen atoms in total. The molecule has 3 atom stereocenters. The number of nitrogens with zero attached hydrogens (tertiary/aromatic N) is 1. The van der Waals surface area contributed by atoms with Crippen molar-refractivity contribution in [3.8, 4) is 0 Å². The lowest BCUT2D eigenvalue weighted by molar-refractivity contribution is -0.0236. The molecule has 0 radical (unpaired) electrons. The van der Waals surface area contributed by atoms with E-state index in [4.69, 9.17) is 9.47 Å². The Labute approximate surface area is 98.3 Å². The molecule has 2 aliphatic rings. The second-order valence-corrected chi connectivity index (χ2v) is 5.32. The van der Waals surface area contributed by atoms with Gasteiger partial charge in [0, 0.05) is 31.8 Å². The van der Waals surface area contributed by atoms with Crippen LogP contribution in [0.2, 0.25) is 0 Å². The highest BCUT2D eigenvalue weighted by Crippen LogP contribution is 2.25. The highest BCUT2D eigenvalue weighted by molar-refractivity contribution is 4.94.